The van der Waals surface area contributed by atoms with Crippen LogP contribution in [0.4, 0.5) is 0 Å². The Morgan fingerprint density at radius 1 is 1.53 bits per heavy atom. The molecule has 1 aromatic heterocycles. The summed E-state index contributed by atoms with van der Waals surface area (Å²) < 4.78 is 25.3. The van der Waals surface area contributed by atoms with Gasteiger partial charge in [0.25, 0.3) is 0 Å². The second-order valence-electron chi connectivity index (χ2n) is 3.75. The van der Waals surface area contributed by atoms with Crippen molar-refractivity contribution in [2.45, 2.75) is 37.8 Å². The van der Waals surface area contributed by atoms with Crippen molar-refractivity contribution in [3.63, 3.8) is 0 Å². The Morgan fingerprint density at radius 2 is 2.18 bits per heavy atom. The van der Waals surface area contributed by atoms with Crippen LogP contribution in [0.25, 0.3) is 0 Å². The maximum Gasteiger partial charge on any atom is 0.321 e. The number of carboxylic acids is 1. The van der Waals surface area contributed by atoms with Gasteiger partial charge >= 0.3 is 5.97 Å². The van der Waals surface area contributed by atoms with Crippen molar-refractivity contribution in [3.8, 4) is 0 Å². The highest BCUT2D eigenvalue weighted by atomic mass is 32.2. The van der Waals surface area contributed by atoms with Gasteiger partial charge in [0.2, 0.25) is 0 Å². The Labute approximate surface area is 100 Å². The average molecular weight is 260 g/mol. The third-order valence-corrected chi connectivity index (χ3v) is 4.60. The number of carboxylic acid groups (broad SMARTS) is 1. The molecule has 0 aliphatic carbocycles. The van der Waals surface area contributed by atoms with Gasteiger partial charge in [-0.05, 0) is 13.3 Å². The van der Waals surface area contributed by atoms with Crippen LogP contribution in [0.3, 0.4) is 0 Å². The van der Waals surface area contributed by atoms with E-state index in [2.05, 4.69) is 5.10 Å². The summed E-state index contributed by atoms with van der Waals surface area (Å²) in [5, 5.41) is 11.5. The first kappa shape index (κ1) is 13.7. The lowest BCUT2D eigenvalue weighted by Crippen LogP contribution is -2.30. The van der Waals surface area contributed by atoms with E-state index in [4.69, 9.17) is 5.11 Å². The van der Waals surface area contributed by atoms with E-state index < -0.39 is 21.1 Å². The average Bonchev–Trinajstić information content (AvgIpc) is 2.64. The Balaban J connectivity index is 2.89. The van der Waals surface area contributed by atoms with E-state index in [1.54, 1.807) is 17.8 Å². The Kier molecular flexibility index (Phi) is 4.28. The van der Waals surface area contributed by atoms with Gasteiger partial charge in [-0.3, -0.25) is 9.48 Å². The van der Waals surface area contributed by atoms with Gasteiger partial charge in [-0.2, -0.15) is 5.10 Å². The first-order chi connectivity index (χ1) is 7.90. The molecular formula is C10H16N2O4S. The highest BCUT2D eigenvalue weighted by molar-refractivity contribution is 7.92. The molecule has 0 saturated carbocycles. The monoisotopic (exact) mass is 260 g/mol. The summed E-state index contributed by atoms with van der Waals surface area (Å²) in [6.07, 6.45) is 3.14. The molecular weight excluding hydrogens is 244 g/mol. The maximum absolute atomic E-state index is 11.9. The number of hydrogen-bond acceptors (Lipinski definition) is 4. The van der Waals surface area contributed by atoms with Crippen LogP contribution in [0.2, 0.25) is 0 Å². The molecule has 0 bridgehead atoms. The summed E-state index contributed by atoms with van der Waals surface area (Å²) in [4.78, 5) is 10.8. The van der Waals surface area contributed by atoms with Crippen molar-refractivity contribution < 1.29 is 18.3 Å². The van der Waals surface area contributed by atoms with E-state index in [9.17, 15) is 13.2 Å². The molecule has 0 radical (unpaired) electrons. The Bertz CT molecular complexity index is 492. The number of sulfone groups is 1. The largest absolute Gasteiger partial charge is 0.480 e. The molecule has 1 unspecified atom stereocenters. The molecule has 1 aromatic rings. The van der Waals surface area contributed by atoms with Crippen LogP contribution in [-0.2, 0) is 26.9 Å². The van der Waals surface area contributed by atoms with Crippen LogP contribution < -0.4 is 0 Å². The highest BCUT2D eigenvalue weighted by Gasteiger charge is 2.30. The second kappa shape index (κ2) is 5.31. The van der Waals surface area contributed by atoms with Crippen molar-refractivity contribution in [3.05, 3.63) is 18.0 Å². The van der Waals surface area contributed by atoms with Gasteiger partial charge in [-0.15, -0.1) is 0 Å². The van der Waals surface area contributed by atoms with Gasteiger partial charge in [0.05, 0.1) is 11.9 Å². The fourth-order valence-corrected chi connectivity index (χ4v) is 3.20. The predicted octanol–water partition coefficient (Wildman–Crippen LogP) is 0.681. The fourth-order valence-electron chi connectivity index (χ4n) is 1.57. The predicted molar refractivity (Wildman–Crippen MR) is 62.2 cm³/mol. The molecule has 0 aliphatic heterocycles. The number of nitrogens with zero attached hydrogens (tertiary/aromatic N) is 2. The van der Waals surface area contributed by atoms with E-state index in [-0.39, 0.29) is 12.2 Å². The van der Waals surface area contributed by atoms with Crippen molar-refractivity contribution in [2.75, 3.05) is 0 Å². The molecule has 17 heavy (non-hydrogen) atoms. The number of aryl methyl sites for hydroxylation is 1. The second-order valence-corrected chi connectivity index (χ2v) is 5.93. The third kappa shape index (κ3) is 3.29. The van der Waals surface area contributed by atoms with Gasteiger partial charge in [0.1, 0.15) is 0 Å². The van der Waals surface area contributed by atoms with Crippen LogP contribution in [0, 0.1) is 0 Å². The third-order valence-electron chi connectivity index (χ3n) is 2.46. The SMILES string of the molecule is CCC(C(=O)O)S(=O)(=O)Cc1cnn(CC)c1. The van der Waals surface area contributed by atoms with E-state index in [0.29, 0.717) is 12.1 Å². The summed E-state index contributed by atoms with van der Waals surface area (Å²) in [5.74, 6) is -1.58. The molecule has 0 fully saturated rings. The summed E-state index contributed by atoms with van der Waals surface area (Å²) in [6, 6.07) is 0. The van der Waals surface area contributed by atoms with Gasteiger partial charge < -0.3 is 5.11 Å². The van der Waals surface area contributed by atoms with Crippen molar-refractivity contribution >= 4 is 15.8 Å². The summed E-state index contributed by atoms with van der Waals surface area (Å²) in [6.45, 7) is 4.08. The highest BCUT2D eigenvalue weighted by Crippen LogP contribution is 2.13. The summed E-state index contributed by atoms with van der Waals surface area (Å²) in [5.41, 5.74) is 0.520. The molecule has 0 aromatic carbocycles. The Morgan fingerprint density at radius 3 is 2.59 bits per heavy atom. The fraction of sp³-hybridized carbons (Fsp3) is 0.600. The molecule has 6 nitrogen and oxygen atoms in total. The van der Waals surface area contributed by atoms with Crippen LogP contribution in [0.15, 0.2) is 12.4 Å². The van der Waals surface area contributed by atoms with Gasteiger partial charge in [0, 0.05) is 18.3 Å². The first-order valence-electron chi connectivity index (χ1n) is 5.36. The number of aromatic nitrogens is 2. The van der Waals surface area contributed by atoms with Crippen LogP contribution in [0.1, 0.15) is 25.8 Å². The normalized spacial score (nSPS) is 13.5. The lowest BCUT2D eigenvalue weighted by molar-refractivity contribution is -0.136. The smallest absolute Gasteiger partial charge is 0.321 e. The van der Waals surface area contributed by atoms with Gasteiger partial charge in [-0.25, -0.2) is 8.42 Å². The number of rotatable bonds is 6. The van der Waals surface area contributed by atoms with Gasteiger partial charge in [0.15, 0.2) is 15.1 Å². The molecule has 1 atom stereocenters. The van der Waals surface area contributed by atoms with E-state index >= 15 is 0 Å². The zero-order chi connectivity index (χ0) is 13.1. The molecule has 0 aliphatic rings. The molecule has 0 spiro atoms. The van der Waals surface area contributed by atoms with Crippen LogP contribution in [0.5, 0.6) is 0 Å². The molecule has 1 rings (SSSR count). The van der Waals surface area contributed by atoms with Crippen LogP contribution >= 0.6 is 0 Å². The van der Waals surface area contributed by atoms with E-state index in [1.165, 1.54) is 6.20 Å². The number of carbonyl (C=O) groups is 1. The Hall–Kier alpha value is -1.37. The van der Waals surface area contributed by atoms with Crippen molar-refractivity contribution in [1.29, 1.82) is 0 Å². The molecule has 96 valence electrons. The topological polar surface area (TPSA) is 89.3 Å². The zero-order valence-electron chi connectivity index (χ0n) is 9.83. The quantitative estimate of drug-likeness (QED) is 0.812. The number of aliphatic carboxylic acids is 1. The molecule has 1 heterocycles. The molecule has 1 N–H and O–H groups in total. The summed E-state index contributed by atoms with van der Waals surface area (Å²) >= 11 is 0. The maximum atomic E-state index is 11.9. The minimum absolute atomic E-state index is 0.0690. The lowest BCUT2D eigenvalue weighted by Gasteiger charge is -2.09. The minimum atomic E-state index is -3.67. The number of hydrogen-bond donors (Lipinski definition) is 1. The molecule has 0 saturated heterocycles. The first-order valence-corrected chi connectivity index (χ1v) is 7.08. The minimum Gasteiger partial charge on any atom is -0.480 e. The lowest BCUT2D eigenvalue weighted by atomic mass is 10.3. The molecule has 7 heteroatoms. The summed E-state index contributed by atoms with van der Waals surface area (Å²) in [7, 11) is -3.67. The molecule has 0 amide bonds. The van der Waals surface area contributed by atoms with Crippen molar-refractivity contribution in [2.24, 2.45) is 0 Å². The van der Waals surface area contributed by atoms with E-state index in [0.717, 1.165) is 0 Å². The van der Waals surface area contributed by atoms with Crippen LogP contribution in [-0.4, -0.2) is 34.5 Å². The van der Waals surface area contributed by atoms with E-state index in [1.807, 2.05) is 6.92 Å². The van der Waals surface area contributed by atoms with Crippen molar-refractivity contribution in [1.82, 2.24) is 9.78 Å². The zero-order valence-corrected chi connectivity index (χ0v) is 10.6. The van der Waals surface area contributed by atoms with Gasteiger partial charge in [-0.1, -0.05) is 6.92 Å². The standard InChI is InChI=1S/C10H16N2O4S/c1-3-9(10(13)14)17(15,16)7-8-5-11-12(4-2)6-8/h5-6,9H,3-4,7H2,1-2H3,(H,13,14).